The number of ether oxygens (including phenoxy) is 1. The van der Waals surface area contributed by atoms with Crippen LogP contribution in [0.25, 0.3) is 0 Å². The minimum absolute atomic E-state index is 0.0756. The molecule has 0 bridgehead atoms. The Morgan fingerprint density at radius 1 is 1.21 bits per heavy atom. The summed E-state index contributed by atoms with van der Waals surface area (Å²) >= 11 is 0. The standard InChI is InChI=1S/C15H28N2O2/c1-15(2,3)19-14(18)11-17(13-4-5-13)10-12-6-8-16-9-7-12/h12-13,16H,4-11H2,1-3H3. The zero-order valence-corrected chi connectivity index (χ0v) is 12.6. The molecule has 0 radical (unpaired) electrons. The molecule has 1 saturated carbocycles. The number of piperidine rings is 1. The summed E-state index contributed by atoms with van der Waals surface area (Å²) in [4.78, 5) is 14.3. The number of nitrogens with one attached hydrogen (secondary N) is 1. The Labute approximate surface area is 116 Å². The number of nitrogens with zero attached hydrogens (tertiary/aromatic N) is 1. The van der Waals surface area contributed by atoms with Crippen LogP contribution in [0, 0.1) is 5.92 Å². The molecule has 0 aromatic rings. The second kappa shape index (κ2) is 6.23. The molecule has 0 aromatic heterocycles. The monoisotopic (exact) mass is 268 g/mol. The maximum atomic E-state index is 12.0. The Balaban J connectivity index is 1.80. The summed E-state index contributed by atoms with van der Waals surface area (Å²) in [6.07, 6.45) is 4.95. The lowest BCUT2D eigenvalue weighted by atomic mass is 9.97. The predicted octanol–water partition coefficient (Wildman–Crippen LogP) is 1.79. The first-order valence-corrected chi connectivity index (χ1v) is 7.60. The van der Waals surface area contributed by atoms with Gasteiger partial charge in [-0.15, -0.1) is 0 Å². The van der Waals surface area contributed by atoms with E-state index in [2.05, 4.69) is 10.2 Å². The van der Waals surface area contributed by atoms with Crippen molar-refractivity contribution in [3.8, 4) is 0 Å². The Bertz CT molecular complexity index is 302. The highest BCUT2D eigenvalue weighted by Crippen LogP contribution is 2.29. The summed E-state index contributed by atoms with van der Waals surface area (Å²) in [6.45, 7) is 9.56. The van der Waals surface area contributed by atoms with Crippen LogP contribution in [0.4, 0.5) is 0 Å². The fourth-order valence-electron chi connectivity index (χ4n) is 2.72. The molecule has 1 saturated heterocycles. The Morgan fingerprint density at radius 3 is 2.37 bits per heavy atom. The molecular formula is C15H28N2O2. The average Bonchev–Trinajstić information content (AvgIpc) is 3.10. The van der Waals surface area contributed by atoms with Gasteiger partial charge in [-0.25, -0.2) is 0 Å². The van der Waals surface area contributed by atoms with Crippen molar-refractivity contribution >= 4 is 5.97 Å². The second-order valence-corrected chi connectivity index (χ2v) is 6.94. The van der Waals surface area contributed by atoms with Gasteiger partial charge in [0, 0.05) is 12.6 Å². The predicted molar refractivity (Wildman–Crippen MR) is 76.0 cm³/mol. The molecule has 1 aliphatic heterocycles. The van der Waals surface area contributed by atoms with Gasteiger partial charge in [0.2, 0.25) is 0 Å². The quantitative estimate of drug-likeness (QED) is 0.772. The molecule has 2 aliphatic rings. The topological polar surface area (TPSA) is 41.6 Å². The highest BCUT2D eigenvalue weighted by molar-refractivity contribution is 5.72. The third kappa shape index (κ3) is 5.49. The van der Waals surface area contributed by atoms with Gasteiger partial charge in [0.1, 0.15) is 5.60 Å². The summed E-state index contributed by atoms with van der Waals surface area (Å²) in [6, 6.07) is 0.627. The molecule has 0 spiro atoms. The summed E-state index contributed by atoms with van der Waals surface area (Å²) in [5.41, 5.74) is -0.374. The van der Waals surface area contributed by atoms with E-state index in [0.29, 0.717) is 12.6 Å². The summed E-state index contributed by atoms with van der Waals surface area (Å²) in [5, 5.41) is 3.39. The van der Waals surface area contributed by atoms with E-state index < -0.39 is 0 Å². The molecule has 4 nitrogen and oxygen atoms in total. The molecule has 110 valence electrons. The van der Waals surface area contributed by atoms with Crippen molar-refractivity contribution < 1.29 is 9.53 Å². The lowest BCUT2D eigenvalue weighted by Crippen LogP contribution is -2.41. The Hall–Kier alpha value is -0.610. The summed E-state index contributed by atoms with van der Waals surface area (Å²) < 4.78 is 5.44. The summed E-state index contributed by atoms with van der Waals surface area (Å²) in [7, 11) is 0. The van der Waals surface area contributed by atoms with Crippen molar-refractivity contribution in [3.63, 3.8) is 0 Å². The molecule has 1 N–H and O–H groups in total. The number of hydrogen-bond acceptors (Lipinski definition) is 4. The van der Waals surface area contributed by atoms with E-state index in [9.17, 15) is 4.79 Å². The molecule has 2 fully saturated rings. The SMILES string of the molecule is CC(C)(C)OC(=O)CN(CC1CCNCC1)C1CC1. The second-order valence-electron chi connectivity index (χ2n) is 6.94. The van der Waals surface area contributed by atoms with Gasteiger partial charge in [0.05, 0.1) is 6.54 Å². The third-order valence-electron chi connectivity index (χ3n) is 3.77. The number of rotatable bonds is 5. The van der Waals surface area contributed by atoms with Crippen molar-refractivity contribution in [3.05, 3.63) is 0 Å². The maximum absolute atomic E-state index is 12.0. The van der Waals surface area contributed by atoms with Crippen LogP contribution in [0.2, 0.25) is 0 Å². The van der Waals surface area contributed by atoms with Crippen LogP contribution in [0.3, 0.4) is 0 Å². The van der Waals surface area contributed by atoms with Crippen molar-refractivity contribution in [1.29, 1.82) is 0 Å². The van der Waals surface area contributed by atoms with Crippen LogP contribution in [-0.4, -0.2) is 48.7 Å². The van der Waals surface area contributed by atoms with E-state index in [1.807, 2.05) is 20.8 Å². The first kappa shape index (κ1) is 14.8. The van der Waals surface area contributed by atoms with E-state index in [-0.39, 0.29) is 11.6 Å². The molecule has 0 amide bonds. The number of carbonyl (C=O) groups excluding carboxylic acids is 1. The van der Waals surface area contributed by atoms with E-state index in [1.54, 1.807) is 0 Å². The van der Waals surface area contributed by atoms with Crippen LogP contribution < -0.4 is 5.32 Å². The third-order valence-corrected chi connectivity index (χ3v) is 3.77. The van der Waals surface area contributed by atoms with Gasteiger partial charge in [-0.05, 0) is 65.5 Å². The smallest absolute Gasteiger partial charge is 0.320 e. The van der Waals surface area contributed by atoms with Crippen LogP contribution in [-0.2, 0) is 9.53 Å². The van der Waals surface area contributed by atoms with Crippen LogP contribution >= 0.6 is 0 Å². The Morgan fingerprint density at radius 2 is 1.84 bits per heavy atom. The van der Waals surface area contributed by atoms with Crippen molar-refractivity contribution in [2.45, 2.75) is 58.1 Å². The average molecular weight is 268 g/mol. The van der Waals surface area contributed by atoms with Gasteiger partial charge in [0.25, 0.3) is 0 Å². The van der Waals surface area contributed by atoms with Gasteiger partial charge in [-0.2, -0.15) is 0 Å². The number of hydrogen-bond donors (Lipinski definition) is 1. The fraction of sp³-hybridized carbons (Fsp3) is 0.933. The van der Waals surface area contributed by atoms with Crippen molar-refractivity contribution in [2.75, 3.05) is 26.2 Å². The number of esters is 1. The maximum Gasteiger partial charge on any atom is 0.320 e. The molecule has 0 unspecified atom stereocenters. The van der Waals surface area contributed by atoms with Crippen LogP contribution in [0.15, 0.2) is 0 Å². The Kier molecular flexibility index (Phi) is 4.85. The minimum atomic E-state index is -0.374. The largest absolute Gasteiger partial charge is 0.459 e. The molecule has 4 heteroatoms. The van der Waals surface area contributed by atoms with Gasteiger partial charge in [-0.1, -0.05) is 0 Å². The molecule has 0 aromatic carbocycles. The van der Waals surface area contributed by atoms with Crippen LogP contribution in [0.1, 0.15) is 46.5 Å². The first-order valence-electron chi connectivity index (χ1n) is 7.60. The zero-order chi connectivity index (χ0) is 13.9. The number of carbonyl (C=O) groups is 1. The fourth-order valence-corrected chi connectivity index (χ4v) is 2.72. The van der Waals surface area contributed by atoms with E-state index in [4.69, 9.17) is 4.74 Å². The lowest BCUT2D eigenvalue weighted by molar-refractivity contribution is -0.156. The zero-order valence-electron chi connectivity index (χ0n) is 12.6. The molecule has 19 heavy (non-hydrogen) atoms. The normalized spacial score (nSPS) is 21.7. The minimum Gasteiger partial charge on any atom is -0.459 e. The van der Waals surface area contributed by atoms with Crippen LogP contribution in [0.5, 0.6) is 0 Å². The van der Waals surface area contributed by atoms with E-state index in [1.165, 1.54) is 25.7 Å². The molecular weight excluding hydrogens is 240 g/mol. The molecule has 1 aliphatic carbocycles. The van der Waals surface area contributed by atoms with Crippen molar-refractivity contribution in [2.24, 2.45) is 5.92 Å². The van der Waals surface area contributed by atoms with Gasteiger partial charge in [0.15, 0.2) is 0 Å². The molecule has 2 rings (SSSR count). The van der Waals surface area contributed by atoms with E-state index >= 15 is 0 Å². The van der Waals surface area contributed by atoms with Crippen molar-refractivity contribution in [1.82, 2.24) is 10.2 Å². The lowest BCUT2D eigenvalue weighted by Gasteiger charge is -2.30. The van der Waals surface area contributed by atoms with Gasteiger partial charge in [-0.3, -0.25) is 9.69 Å². The van der Waals surface area contributed by atoms with E-state index in [0.717, 1.165) is 25.6 Å². The molecule has 0 atom stereocenters. The summed E-state index contributed by atoms with van der Waals surface area (Å²) in [5.74, 6) is 0.664. The van der Waals surface area contributed by atoms with Gasteiger partial charge >= 0.3 is 5.97 Å². The van der Waals surface area contributed by atoms with Gasteiger partial charge < -0.3 is 10.1 Å². The highest BCUT2D eigenvalue weighted by atomic mass is 16.6. The first-order chi connectivity index (χ1) is 8.94. The highest BCUT2D eigenvalue weighted by Gasteiger charge is 2.33. The molecule has 1 heterocycles.